The first-order chi connectivity index (χ1) is 7.25. The van der Waals surface area contributed by atoms with Gasteiger partial charge >= 0.3 is 5.97 Å². The molecule has 0 aliphatic rings. The molecule has 0 bridgehead atoms. The minimum atomic E-state index is -0.835. The molecule has 0 aliphatic heterocycles. The van der Waals surface area contributed by atoms with Gasteiger partial charge in [0.2, 0.25) is 0 Å². The van der Waals surface area contributed by atoms with Crippen LogP contribution in [0.4, 0.5) is 0 Å². The summed E-state index contributed by atoms with van der Waals surface area (Å²) in [5.41, 5.74) is 2.71. The highest BCUT2D eigenvalue weighted by molar-refractivity contribution is 5.71. The van der Waals surface area contributed by atoms with Gasteiger partial charge in [-0.1, -0.05) is 0 Å². The Hall–Kier alpha value is -2.10. The zero-order valence-corrected chi connectivity index (χ0v) is 7.97. The molecule has 4 heteroatoms. The van der Waals surface area contributed by atoms with Crippen LogP contribution < -0.4 is 0 Å². The molecule has 4 nitrogen and oxygen atoms in total. The van der Waals surface area contributed by atoms with Gasteiger partial charge in [-0.15, -0.1) is 0 Å². The predicted molar refractivity (Wildman–Crippen MR) is 55.4 cm³/mol. The van der Waals surface area contributed by atoms with E-state index < -0.39 is 5.97 Å². The van der Waals surface area contributed by atoms with Gasteiger partial charge in [-0.3, -0.25) is 9.78 Å². The van der Waals surface area contributed by atoms with E-state index in [4.69, 9.17) is 5.11 Å². The van der Waals surface area contributed by atoms with Crippen molar-refractivity contribution in [3.05, 3.63) is 42.5 Å². The van der Waals surface area contributed by atoms with Crippen LogP contribution in [0.3, 0.4) is 0 Å². The number of carboxylic acid groups (broad SMARTS) is 1. The van der Waals surface area contributed by atoms with E-state index in [0.29, 0.717) is 5.69 Å². The van der Waals surface area contributed by atoms with Crippen LogP contribution in [-0.4, -0.2) is 21.0 Å². The second-order valence-corrected chi connectivity index (χ2v) is 3.22. The normalized spacial score (nSPS) is 10.1. The number of pyridine rings is 1. The molecule has 0 unspecified atom stereocenters. The molecule has 0 saturated heterocycles. The van der Waals surface area contributed by atoms with Gasteiger partial charge in [0.15, 0.2) is 0 Å². The Morgan fingerprint density at radius 2 is 2.07 bits per heavy atom. The van der Waals surface area contributed by atoms with Gasteiger partial charge in [-0.2, -0.15) is 0 Å². The molecule has 2 aromatic rings. The SMILES string of the molecule is O=C(O)Cc1cc(-c2ccncc2)c[nH]1. The summed E-state index contributed by atoms with van der Waals surface area (Å²) in [5, 5.41) is 8.62. The topological polar surface area (TPSA) is 66.0 Å². The van der Waals surface area contributed by atoms with Crippen LogP contribution in [0.1, 0.15) is 5.69 Å². The Bertz CT molecular complexity index is 462. The molecule has 76 valence electrons. The number of nitrogens with one attached hydrogen (secondary N) is 1. The van der Waals surface area contributed by atoms with E-state index in [1.165, 1.54) is 0 Å². The van der Waals surface area contributed by atoms with E-state index in [0.717, 1.165) is 11.1 Å². The summed E-state index contributed by atoms with van der Waals surface area (Å²) in [4.78, 5) is 17.3. The van der Waals surface area contributed by atoms with Crippen LogP contribution in [0.2, 0.25) is 0 Å². The van der Waals surface area contributed by atoms with Gasteiger partial charge in [0.1, 0.15) is 0 Å². The second-order valence-electron chi connectivity index (χ2n) is 3.22. The lowest BCUT2D eigenvalue weighted by Gasteiger charge is -1.93. The third-order valence-electron chi connectivity index (χ3n) is 2.10. The van der Waals surface area contributed by atoms with Gasteiger partial charge in [0, 0.05) is 24.3 Å². The lowest BCUT2D eigenvalue weighted by molar-refractivity contribution is -0.136. The van der Waals surface area contributed by atoms with Crippen molar-refractivity contribution < 1.29 is 9.90 Å². The molecule has 0 atom stereocenters. The molecule has 15 heavy (non-hydrogen) atoms. The van der Waals surface area contributed by atoms with Gasteiger partial charge < -0.3 is 10.1 Å². The standard InChI is InChI=1S/C11H10N2O2/c14-11(15)6-10-5-9(7-13-10)8-1-3-12-4-2-8/h1-5,7,13H,6H2,(H,14,15). The average molecular weight is 202 g/mol. The number of H-pyrrole nitrogens is 1. The van der Waals surface area contributed by atoms with Crippen molar-refractivity contribution in [1.82, 2.24) is 9.97 Å². The predicted octanol–water partition coefficient (Wildman–Crippen LogP) is 1.70. The van der Waals surface area contributed by atoms with E-state index in [1.54, 1.807) is 18.6 Å². The van der Waals surface area contributed by atoms with E-state index in [2.05, 4.69) is 9.97 Å². The summed E-state index contributed by atoms with van der Waals surface area (Å²) in [6.45, 7) is 0. The number of carboxylic acids is 1. The Morgan fingerprint density at radius 3 is 2.73 bits per heavy atom. The highest BCUT2D eigenvalue weighted by Gasteiger charge is 2.04. The fourth-order valence-electron chi connectivity index (χ4n) is 1.42. The van der Waals surface area contributed by atoms with Crippen molar-refractivity contribution in [2.24, 2.45) is 0 Å². The molecule has 0 radical (unpaired) electrons. The maximum Gasteiger partial charge on any atom is 0.309 e. The lowest BCUT2D eigenvalue weighted by Crippen LogP contribution is -1.99. The Kier molecular flexibility index (Phi) is 2.49. The molecule has 0 fully saturated rings. The number of aliphatic carboxylic acids is 1. The second kappa shape index (κ2) is 3.96. The fraction of sp³-hybridized carbons (Fsp3) is 0.0909. The number of aromatic nitrogens is 2. The van der Waals surface area contributed by atoms with E-state index >= 15 is 0 Å². The number of rotatable bonds is 3. The first kappa shape index (κ1) is 9.45. The summed E-state index contributed by atoms with van der Waals surface area (Å²) in [7, 11) is 0. The lowest BCUT2D eigenvalue weighted by atomic mass is 10.1. The third kappa shape index (κ3) is 2.22. The number of hydrogen-bond acceptors (Lipinski definition) is 2. The van der Waals surface area contributed by atoms with Crippen molar-refractivity contribution in [3.8, 4) is 11.1 Å². The molecule has 0 aliphatic carbocycles. The molecule has 2 rings (SSSR count). The summed E-state index contributed by atoms with van der Waals surface area (Å²) in [5.74, 6) is -0.835. The monoisotopic (exact) mass is 202 g/mol. The number of nitrogens with zero attached hydrogens (tertiary/aromatic N) is 1. The highest BCUT2D eigenvalue weighted by atomic mass is 16.4. The minimum Gasteiger partial charge on any atom is -0.481 e. The van der Waals surface area contributed by atoms with E-state index in [9.17, 15) is 4.79 Å². The van der Waals surface area contributed by atoms with Crippen molar-refractivity contribution >= 4 is 5.97 Å². The van der Waals surface area contributed by atoms with Crippen LogP contribution in [0.5, 0.6) is 0 Å². The zero-order valence-electron chi connectivity index (χ0n) is 7.97. The van der Waals surface area contributed by atoms with Gasteiger partial charge in [0.05, 0.1) is 6.42 Å². The van der Waals surface area contributed by atoms with Crippen LogP contribution in [0.25, 0.3) is 11.1 Å². The number of aromatic amines is 1. The molecule has 2 N–H and O–H groups in total. The minimum absolute atomic E-state index is 0.0189. The first-order valence-electron chi connectivity index (χ1n) is 4.55. The Labute approximate surface area is 86.6 Å². The summed E-state index contributed by atoms with van der Waals surface area (Å²) in [6, 6.07) is 5.60. The van der Waals surface area contributed by atoms with Crippen LogP contribution in [-0.2, 0) is 11.2 Å². The maximum atomic E-state index is 10.5. The summed E-state index contributed by atoms with van der Waals surface area (Å²) in [6.07, 6.45) is 5.23. The molecule has 2 aromatic heterocycles. The highest BCUT2D eigenvalue weighted by Crippen LogP contribution is 2.19. The molecule has 2 heterocycles. The summed E-state index contributed by atoms with van der Waals surface area (Å²) < 4.78 is 0. The van der Waals surface area contributed by atoms with Gasteiger partial charge in [-0.05, 0) is 29.3 Å². The van der Waals surface area contributed by atoms with Crippen LogP contribution in [0, 0.1) is 0 Å². The molecular formula is C11H10N2O2. The van der Waals surface area contributed by atoms with Crippen molar-refractivity contribution in [2.75, 3.05) is 0 Å². The van der Waals surface area contributed by atoms with E-state index in [1.807, 2.05) is 18.2 Å². The Balaban J connectivity index is 2.24. The van der Waals surface area contributed by atoms with Gasteiger partial charge in [0.25, 0.3) is 0 Å². The van der Waals surface area contributed by atoms with Crippen molar-refractivity contribution in [3.63, 3.8) is 0 Å². The van der Waals surface area contributed by atoms with E-state index in [-0.39, 0.29) is 6.42 Å². The van der Waals surface area contributed by atoms with Crippen LogP contribution in [0.15, 0.2) is 36.8 Å². The smallest absolute Gasteiger partial charge is 0.309 e. The van der Waals surface area contributed by atoms with Crippen LogP contribution >= 0.6 is 0 Å². The molecule has 0 aromatic carbocycles. The molecule has 0 spiro atoms. The molecular weight excluding hydrogens is 192 g/mol. The quantitative estimate of drug-likeness (QED) is 0.796. The van der Waals surface area contributed by atoms with Crippen molar-refractivity contribution in [2.45, 2.75) is 6.42 Å². The molecule has 0 amide bonds. The maximum absolute atomic E-state index is 10.5. The Morgan fingerprint density at radius 1 is 1.33 bits per heavy atom. The third-order valence-corrected chi connectivity index (χ3v) is 2.10. The zero-order chi connectivity index (χ0) is 10.7. The average Bonchev–Trinajstić information content (AvgIpc) is 2.67. The molecule has 0 saturated carbocycles. The number of carbonyl (C=O) groups is 1. The van der Waals surface area contributed by atoms with Crippen molar-refractivity contribution in [1.29, 1.82) is 0 Å². The van der Waals surface area contributed by atoms with Gasteiger partial charge in [-0.25, -0.2) is 0 Å². The fourth-order valence-corrected chi connectivity index (χ4v) is 1.42. The number of hydrogen-bond donors (Lipinski definition) is 2. The largest absolute Gasteiger partial charge is 0.481 e. The summed E-state index contributed by atoms with van der Waals surface area (Å²) >= 11 is 0. The first-order valence-corrected chi connectivity index (χ1v) is 4.55.